The molecule has 0 aliphatic carbocycles. The fourth-order valence-corrected chi connectivity index (χ4v) is 2.32. The van der Waals surface area contributed by atoms with E-state index < -0.39 is 0 Å². The minimum absolute atomic E-state index is 0.650. The molecule has 0 amide bonds. The van der Waals surface area contributed by atoms with Crippen molar-refractivity contribution in [2.24, 2.45) is 0 Å². The number of hydrogen-bond donors (Lipinski definition) is 1. The lowest BCUT2D eigenvalue weighted by molar-refractivity contribution is 0.411. The lowest BCUT2D eigenvalue weighted by Gasteiger charge is -2.12. The van der Waals surface area contributed by atoms with E-state index in [0.29, 0.717) is 5.25 Å². The van der Waals surface area contributed by atoms with E-state index >= 15 is 0 Å². The molecular weight excluding hydrogens is 230 g/mol. The van der Waals surface area contributed by atoms with Gasteiger partial charge >= 0.3 is 0 Å². The maximum absolute atomic E-state index is 5.40. The first-order valence-corrected chi connectivity index (χ1v) is 7.20. The van der Waals surface area contributed by atoms with Crippen LogP contribution in [0.5, 0.6) is 5.75 Å². The normalized spacial score (nSPS) is 10.9. The van der Waals surface area contributed by atoms with Crippen molar-refractivity contribution in [1.29, 1.82) is 0 Å². The molecular formula is C14H23NOS. The summed E-state index contributed by atoms with van der Waals surface area (Å²) in [5.41, 5.74) is 2.62. The summed E-state index contributed by atoms with van der Waals surface area (Å²) in [4.78, 5) is 0. The Morgan fingerprint density at radius 2 is 2.12 bits per heavy atom. The van der Waals surface area contributed by atoms with Crippen LogP contribution in [0.25, 0.3) is 0 Å². The number of hydrogen-bond acceptors (Lipinski definition) is 3. The summed E-state index contributed by atoms with van der Waals surface area (Å²) in [7, 11) is 1.74. The minimum atomic E-state index is 0.650. The van der Waals surface area contributed by atoms with Crippen molar-refractivity contribution in [1.82, 2.24) is 5.32 Å². The summed E-state index contributed by atoms with van der Waals surface area (Å²) in [6, 6.07) is 6.45. The number of methoxy groups -OCH3 is 1. The van der Waals surface area contributed by atoms with Gasteiger partial charge in [-0.2, -0.15) is 11.8 Å². The lowest BCUT2D eigenvalue weighted by Crippen LogP contribution is -2.11. The Kier molecular flexibility index (Phi) is 6.45. The Hall–Kier alpha value is -0.670. The standard InChI is InChI=1S/C14H23NOS/c1-5-15-9-12-6-7-14(16-4)13(8-12)10-17-11(2)3/h6-8,11,15H,5,9-10H2,1-4H3. The zero-order valence-corrected chi connectivity index (χ0v) is 12.1. The van der Waals surface area contributed by atoms with Crippen molar-refractivity contribution in [2.45, 2.75) is 38.3 Å². The Balaban J connectivity index is 2.75. The van der Waals surface area contributed by atoms with Gasteiger partial charge in [0.25, 0.3) is 0 Å². The highest BCUT2D eigenvalue weighted by molar-refractivity contribution is 7.99. The second-order valence-electron chi connectivity index (χ2n) is 4.29. The molecule has 0 aromatic heterocycles. The van der Waals surface area contributed by atoms with Crippen LogP contribution >= 0.6 is 11.8 Å². The summed E-state index contributed by atoms with van der Waals surface area (Å²) in [6.07, 6.45) is 0. The Morgan fingerprint density at radius 3 is 2.71 bits per heavy atom. The van der Waals surface area contributed by atoms with E-state index in [1.54, 1.807) is 7.11 Å². The molecule has 17 heavy (non-hydrogen) atoms. The number of rotatable bonds is 7. The average Bonchev–Trinajstić information content (AvgIpc) is 2.33. The fourth-order valence-electron chi connectivity index (χ4n) is 1.58. The highest BCUT2D eigenvalue weighted by atomic mass is 32.2. The first-order chi connectivity index (χ1) is 8.17. The average molecular weight is 253 g/mol. The molecule has 0 heterocycles. The molecule has 0 saturated heterocycles. The molecule has 0 atom stereocenters. The van der Waals surface area contributed by atoms with E-state index in [2.05, 4.69) is 44.3 Å². The van der Waals surface area contributed by atoms with E-state index in [9.17, 15) is 0 Å². The van der Waals surface area contributed by atoms with Gasteiger partial charge in [0.2, 0.25) is 0 Å². The van der Waals surface area contributed by atoms with Gasteiger partial charge in [0.1, 0.15) is 5.75 Å². The van der Waals surface area contributed by atoms with Crippen LogP contribution in [0.2, 0.25) is 0 Å². The van der Waals surface area contributed by atoms with Crippen LogP contribution in [0, 0.1) is 0 Å². The van der Waals surface area contributed by atoms with Gasteiger partial charge in [-0.15, -0.1) is 0 Å². The minimum Gasteiger partial charge on any atom is -0.496 e. The molecule has 0 aliphatic heterocycles. The van der Waals surface area contributed by atoms with Crippen LogP contribution in [-0.2, 0) is 12.3 Å². The summed E-state index contributed by atoms with van der Waals surface area (Å²) in [5, 5.41) is 4.00. The largest absolute Gasteiger partial charge is 0.496 e. The Morgan fingerprint density at radius 1 is 1.35 bits per heavy atom. The predicted octanol–water partition coefficient (Wildman–Crippen LogP) is 3.45. The third kappa shape index (κ3) is 5.00. The number of ether oxygens (including phenoxy) is 1. The summed E-state index contributed by atoms with van der Waals surface area (Å²) < 4.78 is 5.40. The molecule has 0 radical (unpaired) electrons. The molecule has 1 N–H and O–H groups in total. The van der Waals surface area contributed by atoms with Crippen LogP contribution in [0.15, 0.2) is 18.2 Å². The van der Waals surface area contributed by atoms with Crippen LogP contribution < -0.4 is 10.1 Å². The van der Waals surface area contributed by atoms with Crippen LogP contribution in [0.1, 0.15) is 31.9 Å². The smallest absolute Gasteiger partial charge is 0.122 e. The van der Waals surface area contributed by atoms with Crippen molar-refractivity contribution in [2.75, 3.05) is 13.7 Å². The van der Waals surface area contributed by atoms with E-state index in [1.165, 1.54) is 11.1 Å². The van der Waals surface area contributed by atoms with Gasteiger partial charge in [0.05, 0.1) is 7.11 Å². The third-order valence-electron chi connectivity index (χ3n) is 2.50. The third-order valence-corrected chi connectivity index (χ3v) is 3.64. The van der Waals surface area contributed by atoms with Gasteiger partial charge < -0.3 is 10.1 Å². The second kappa shape index (κ2) is 7.62. The van der Waals surface area contributed by atoms with E-state index in [4.69, 9.17) is 4.74 Å². The molecule has 96 valence electrons. The SMILES string of the molecule is CCNCc1ccc(OC)c(CSC(C)C)c1. The first-order valence-electron chi connectivity index (χ1n) is 6.15. The quantitative estimate of drug-likeness (QED) is 0.804. The topological polar surface area (TPSA) is 21.3 Å². The molecule has 1 aromatic rings. The van der Waals surface area contributed by atoms with Crippen LogP contribution in [0.4, 0.5) is 0 Å². The lowest BCUT2D eigenvalue weighted by atomic mass is 10.1. The highest BCUT2D eigenvalue weighted by Crippen LogP contribution is 2.26. The zero-order chi connectivity index (χ0) is 12.7. The maximum atomic E-state index is 5.40. The van der Waals surface area contributed by atoms with Gasteiger partial charge in [-0.25, -0.2) is 0 Å². The van der Waals surface area contributed by atoms with Crippen LogP contribution in [-0.4, -0.2) is 18.9 Å². The van der Waals surface area contributed by atoms with Crippen molar-refractivity contribution < 1.29 is 4.74 Å². The van der Waals surface area contributed by atoms with E-state index in [1.807, 2.05) is 11.8 Å². The predicted molar refractivity (Wildman–Crippen MR) is 76.8 cm³/mol. The number of nitrogens with one attached hydrogen (secondary N) is 1. The molecule has 3 heteroatoms. The molecule has 1 rings (SSSR count). The van der Waals surface area contributed by atoms with E-state index in [-0.39, 0.29) is 0 Å². The summed E-state index contributed by atoms with van der Waals surface area (Å²) in [5.74, 6) is 2.01. The van der Waals surface area contributed by atoms with Crippen LogP contribution in [0.3, 0.4) is 0 Å². The van der Waals surface area contributed by atoms with Crippen molar-refractivity contribution in [3.63, 3.8) is 0 Å². The molecule has 0 bridgehead atoms. The summed E-state index contributed by atoms with van der Waals surface area (Å²) in [6.45, 7) is 8.50. The zero-order valence-electron chi connectivity index (χ0n) is 11.2. The highest BCUT2D eigenvalue weighted by Gasteiger charge is 2.05. The molecule has 2 nitrogen and oxygen atoms in total. The molecule has 0 spiro atoms. The van der Waals surface area contributed by atoms with Gasteiger partial charge in [0.15, 0.2) is 0 Å². The molecule has 1 aromatic carbocycles. The van der Waals surface area contributed by atoms with Crippen molar-refractivity contribution in [3.8, 4) is 5.75 Å². The Labute approximate surface area is 109 Å². The summed E-state index contributed by atoms with van der Waals surface area (Å²) >= 11 is 1.95. The van der Waals surface area contributed by atoms with Crippen molar-refractivity contribution in [3.05, 3.63) is 29.3 Å². The maximum Gasteiger partial charge on any atom is 0.122 e. The second-order valence-corrected chi connectivity index (χ2v) is 5.85. The first kappa shape index (κ1) is 14.4. The van der Waals surface area contributed by atoms with Crippen molar-refractivity contribution >= 4 is 11.8 Å². The fraction of sp³-hybridized carbons (Fsp3) is 0.571. The van der Waals surface area contributed by atoms with Gasteiger partial charge in [-0.1, -0.05) is 26.8 Å². The molecule has 0 aliphatic rings. The molecule has 0 fully saturated rings. The van der Waals surface area contributed by atoms with Gasteiger partial charge in [-0.05, 0) is 29.5 Å². The number of benzene rings is 1. The molecule has 0 unspecified atom stereocenters. The monoisotopic (exact) mass is 253 g/mol. The van der Waals surface area contributed by atoms with Gasteiger partial charge in [0, 0.05) is 17.9 Å². The van der Waals surface area contributed by atoms with Gasteiger partial charge in [-0.3, -0.25) is 0 Å². The molecule has 0 saturated carbocycles. The Bertz CT molecular complexity index is 339. The number of thioether (sulfide) groups is 1. The van der Waals surface area contributed by atoms with E-state index in [0.717, 1.165) is 24.6 Å².